The Labute approximate surface area is 194 Å². The minimum absolute atomic E-state index is 0.0363. The number of nitrogens with zero attached hydrogens (tertiary/aromatic N) is 5. The summed E-state index contributed by atoms with van der Waals surface area (Å²) in [4.78, 5) is 33.7. The molecule has 1 unspecified atom stereocenters. The Morgan fingerprint density at radius 1 is 1.24 bits per heavy atom. The Hall–Kier alpha value is -3.49. The van der Waals surface area contributed by atoms with Gasteiger partial charge in [0.1, 0.15) is 23.5 Å². The topological polar surface area (TPSA) is 165 Å². The quantitative estimate of drug-likeness (QED) is 0.411. The lowest BCUT2D eigenvalue weighted by molar-refractivity contribution is 0.0940. The molecule has 2 amide bonds. The molecule has 1 aliphatic rings. The van der Waals surface area contributed by atoms with Crippen molar-refractivity contribution in [1.82, 2.24) is 34.5 Å². The highest BCUT2D eigenvalue weighted by Gasteiger charge is 2.29. The first-order chi connectivity index (χ1) is 16.1. The van der Waals surface area contributed by atoms with E-state index in [2.05, 4.69) is 25.7 Å². The van der Waals surface area contributed by atoms with E-state index in [0.717, 1.165) is 4.31 Å². The molecule has 4 rings (SSSR count). The first kappa shape index (κ1) is 23.7. The number of halogens is 1. The maximum atomic E-state index is 13.4. The van der Waals surface area contributed by atoms with E-state index in [1.54, 1.807) is 19.1 Å². The first-order valence-corrected chi connectivity index (χ1v) is 11.9. The van der Waals surface area contributed by atoms with Gasteiger partial charge in [-0.05, 0) is 36.5 Å². The summed E-state index contributed by atoms with van der Waals surface area (Å²) in [6, 6.07) is 5.82. The summed E-state index contributed by atoms with van der Waals surface area (Å²) in [6.07, 6.45) is 1.77. The number of nitrogens with two attached hydrogens (primary N) is 1. The molecular weight excluding hydrogens is 467 g/mol. The summed E-state index contributed by atoms with van der Waals surface area (Å²) in [5.74, 6) is -1.43. The van der Waals surface area contributed by atoms with Crippen LogP contribution in [0.15, 0.2) is 30.6 Å². The van der Waals surface area contributed by atoms with Crippen molar-refractivity contribution in [2.45, 2.75) is 19.9 Å². The largest absolute Gasteiger partial charge is 0.350 e. The molecule has 0 bridgehead atoms. The third-order valence-corrected chi connectivity index (χ3v) is 6.60. The van der Waals surface area contributed by atoms with Crippen molar-refractivity contribution in [3.05, 3.63) is 58.9 Å². The van der Waals surface area contributed by atoms with Crippen molar-refractivity contribution >= 4 is 27.8 Å². The van der Waals surface area contributed by atoms with Crippen molar-refractivity contribution in [3.63, 3.8) is 0 Å². The zero-order valence-electron chi connectivity index (χ0n) is 18.2. The molecule has 3 aromatic rings. The average molecular weight is 491 g/mol. The Morgan fingerprint density at radius 2 is 2.03 bits per heavy atom. The van der Waals surface area contributed by atoms with Crippen molar-refractivity contribution in [1.29, 1.82) is 0 Å². The van der Waals surface area contributed by atoms with Crippen LogP contribution in [0.1, 0.15) is 38.5 Å². The number of carbonyl (C=O) groups excluding carboxylic acids is 2. The van der Waals surface area contributed by atoms with Crippen molar-refractivity contribution in [2.75, 3.05) is 19.6 Å². The fourth-order valence-electron chi connectivity index (χ4n) is 3.70. The minimum atomic E-state index is -3.77. The van der Waals surface area contributed by atoms with E-state index in [9.17, 15) is 22.4 Å². The number of amides is 2. The fourth-order valence-corrected chi connectivity index (χ4v) is 4.48. The maximum Gasteiger partial charge on any atom is 0.276 e. The number of carbonyl (C=O) groups is 2. The van der Waals surface area contributed by atoms with Gasteiger partial charge >= 0.3 is 0 Å². The maximum absolute atomic E-state index is 13.4. The van der Waals surface area contributed by atoms with Gasteiger partial charge in [-0.15, -0.1) is 0 Å². The van der Waals surface area contributed by atoms with Crippen molar-refractivity contribution in [2.24, 2.45) is 11.1 Å². The van der Waals surface area contributed by atoms with Crippen LogP contribution >= 0.6 is 0 Å². The van der Waals surface area contributed by atoms with Crippen LogP contribution < -0.4 is 15.8 Å². The molecule has 0 aliphatic carbocycles. The lowest BCUT2D eigenvalue weighted by Crippen LogP contribution is -2.36. The number of aromatic nitrogens is 4. The van der Waals surface area contributed by atoms with Gasteiger partial charge in [0.15, 0.2) is 0 Å². The molecule has 0 radical (unpaired) electrons. The highest BCUT2D eigenvalue weighted by molar-refractivity contribution is 7.86. The summed E-state index contributed by atoms with van der Waals surface area (Å²) in [6.45, 7) is 2.49. The highest BCUT2D eigenvalue weighted by Crippen LogP contribution is 2.17. The Morgan fingerprint density at radius 3 is 2.74 bits per heavy atom. The van der Waals surface area contributed by atoms with Crippen LogP contribution in [0.25, 0.3) is 5.78 Å². The molecule has 1 atom stereocenters. The first-order valence-electron chi connectivity index (χ1n) is 10.4. The molecule has 34 heavy (non-hydrogen) atoms. The monoisotopic (exact) mass is 490 g/mol. The van der Waals surface area contributed by atoms with Crippen LogP contribution in [-0.4, -0.2) is 63.8 Å². The van der Waals surface area contributed by atoms with Crippen LogP contribution in [0.5, 0.6) is 0 Å². The summed E-state index contributed by atoms with van der Waals surface area (Å²) in [5, 5.41) is 14.6. The lowest BCUT2D eigenvalue weighted by Gasteiger charge is -2.14. The van der Waals surface area contributed by atoms with E-state index in [-0.39, 0.29) is 48.5 Å². The SMILES string of the molecule is Cc1cc(CNC(=O)c2cc(C(=O)NCC3CCN(S(N)(=O)=O)C3)n3ncnc3n2)ccc1F. The lowest BCUT2D eigenvalue weighted by atomic mass is 10.1. The predicted octanol–water partition coefficient (Wildman–Crippen LogP) is -0.243. The molecule has 180 valence electrons. The van der Waals surface area contributed by atoms with E-state index < -0.39 is 22.0 Å². The molecule has 12 nitrogen and oxygen atoms in total. The van der Waals surface area contributed by atoms with E-state index in [4.69, 9.17) is 5.14 Å². The van der Waals surface area contributed by atoms with Gasteiger partial charge in [0, 0.05) is 32.2 Å². The normalized spacial score (nSPS) is 16.6. The number of rotatable bonds is 7. The summed E-state index contributed by atoms with van der Waals surface area (Å²) < 4.78 is 38.8. The zero-order valence-corrected chi connectivity index (χ0v) is 19.0. The summed E-state index contributed by atoms with van der Waals surface area (Å²) >= 11 is 0. The second-order valence-electron chi connectivity index (χ2n) is 8.03. The van der Waals surface area contributed by atoms with Gasteiger partial charge in [-0.25, -0.2) is 14.5 Å². The van der Waals surface area contributed by atoms with Crippen molar-refractivity contribution < 1.29 is 22.4 Å². The number of benzene rings is 1. The second-order valence-corrected chi connectivity index (χ2v) is 9.58. The van der Waals surface area contributed by atoms with Crippen LogP contribution in [-0.2, 0) is 16.8 Å². The molecule has 2 aromatic heterocycles. The van der Waals surface area contributed by atoms with E-state index in [1.807, 2.05) is 0 Å². The standard InChI is InChI=1S/C20H23FN8O4S/c1-12-6-13(2-3-15(12)21)8-23-18(30)16-7-17(29-20(27-16)25-11-26-29)19(31)24-9-14-4-5-28(10-14)34(22,32)33/h2-3,6-7,11,14H,4-5,8-10H2,1H3,(H,23,30)(H,24,31)(H2,22,32,33). The molecule has 1 fully saturated rings. The van der Waals surface area contributed by atoms with Gasteiger partial charge in [-0.3, -0.25) is 9.59 Å². The molecule has 4 N–H and O–H groups in total. The minimum Gasteiger partial charge on any atom is -0.350 e. The highest BCUT2D eigenvalue weighted by atomic mass is 32.2. The smallest absolute Gasteiger partial charge is 0.276 e. The van der Waals surface area contributed by atoms with Gasteiger partial charge in [0.05, 0.1) is 0 Å². The number of fused-ring (bicyclic) bond motifs is 1. The van der Waals surface area contributed by atoms with Crippen LogP contribution in [0, 0.1) is 18.7 Å². The molecule has 1 saturated heterocycles. The molecule has 1 aromatic carbocycles. The van der Waals surface area contributed by atoms with Gasteiger partial charge < -0.3 is 10.6 Å². The summed E-state index contributed by atoms with van der Waals surface area (Å²) in [7, 11) is -3.77. The molecule has 1 aliphatic heterocycles. The molecule has 0 saturated carbocycles. The van der Waals surface area contributed by atoms with Crippen LogP contribution in [0.3, 0.4) is 0 Å². The van der Waals surface area contributed by atoms with Gasteiger partial charge in [0.25, 0.3) is 27.8 Å². The third kappa shape index (κ3) is 5.18. The van der Waals surface area contributed by atoms with Gasteiger partial charge in [-0.2, -0.15) is 27.3 Å². The molecule has 0 spiro atoms. The number of hydrogen-bond donors (Lipinski definition) is 3. The number of nitrogens with one attached hydrogen (secondary N) is 2. The van der Waals surface area contributed by atoms with Crippen LogP contribution in [0.2, 0.25) is 0 Å². The second kappa shape index (κ2) is 9.40. The van der Waals surface area contributed by atoms with E-state index >= 15 is 0 Å². The molecule has 14 heteroatoms. The molecular formula is C20H23FN8O4S. The predicted molar refractivity (Wildman–Crippen MR) is 118 cm³/mol. The Balaban J connectivity index is 1.45. The number of hydrogen-bond acceptors (Lipinski definition) is 7. The number of aryl methyl sites for hydroxylation is 1. The van der Waals surface area contributed by atoms with Crippen LogP contribution in [0.4, 0.5) is 4.39 Å². The van der Waals surface area contributed by atoms with Crippen molar-refractivity contribution in [3.8, 4) is 0 Å². The average Bonchev–Trinajstić information content (AvgIpc) is 3.46. The Kier molecular flexibility index (Phi) is 6.54. The molecule has 3 heterocycles. The van der Waals surface area contributed by atoms with E-state index in [0.29, 0.717) is 24.1 Å². The zero-order chi connectivity index (χ0) is 24.5. The van der Waals surface area contributed by atoms with Gasteiger partial charge in [-0.1, -0.05) is 12.1 Å². The summed E-state index contributed by atoms with van der Waals surface area (Å²) in [5.41, 5.74) is 1.18. The Bertz CT molecular complexity index is 1360. The van der Waals surface area contributed by atoms with E-state index in [1.165, 1.54) is 23.0 Å². The third-order valence-electron chi connectivity index (χ3n) is 5.55. The van der Waals surface area contributed by atoms with Gasteiger partial charge in [0.2, 0.25) is 0 Å². The fraction of sp³-hybridized carbons (Fsp3) is 0.350.